The van der Waals surface area contributed by atoms with Crippen LogP contribution in [0.3, 0.4) is 0 Å². The van der Waals surface area contributed by atoms with Crippen LogP contribution in [0.4, 0.5) is 5.69 Å². The van der Waals surface area contributed by atoms with E-state index in [9.17, 15) is 8.42 Å². The third kappa shape index (κ3) is 3.77. The van der Waals surface area contributed by atoms with E-state index in [-0.39, 0.29) is 4.90 Å². The van der Waals surface area contributed by atoms with Crippen molar-refractivity contribution in [2.45, 2.75) is 4.90 Å². The van der Waals surface area contributed by atoms with E-state index in [1.54, 1.807) is 30.3 Å². The summed E-state index contributed by atoms with van der Waals surface area (Å²) in [6.07, 6.45) is 0. The molecule has 0 heterocycles. The fourth-order valence-electron chi connectivity index (χ4n) is 1.51. The Bertz CT molecular complexity index is 839. The van der Waals surface area contributed by atoms with Gasteiger partial charge in [-0.05, 0) is 48.5 Å². The lowest BCUT2D eigenvalue weighted by Crippen LogP contribution is -2.15. The Hall–Kier alpha value is -2.07. The number of hydrazone groups is 1. The minimum atomic E-state index is -4.00. The van der Waals surface area contributed by atoms with Gasteiger partial charge in [-0.1, -0.05) is 23.2 Å². The van der Waals surface area contributed by atoms with Crippen molar-refractivity contribution in [1.82, 2.24) is 0 Å². The van der Waals surface area contributed by atoms with Crippen LogP contribution in [-0.2, 0) is 9.84 Å². The van der Waals surface area contributed by atoms with Gasteiger partial charge in [0.05, 0.1) is 10.6 Å². The highest BCUT2D eigenvalue weighted by molar-refractivity contribution is 8.07. The zero-order valence-electron chi connectivity index (χ0n) is 11.0. The molecule has 0 saturated carbocycles. The number of benzene rings is 2. The SMILES string of the molecule is N#C/C(=N/Nc1ccc(Cl)cc1)S(=O)(=O)c1ccc(Cl)cc1. The summed E-state index contributed by atoms with van der Waals surface area (Å²) in [5.74, 6) is 0. The molecule has 112 valence electrons. The van der Waals surface area contributed by atoms with Gasteiger partial charge in [0.1, 0.15) is 6.07 Å². The van der Waals surface area contributed by atoms with E-state index in [2.05, 4.69) is 10.5 Å². The Labute approximate surface area is 137 Å². The third-order valence-electron chi connectivity index (χ3n) is 2.60. The fourth-order valence-corrected chi connectivity index (χ4v) is 2.77. The van der Waals surface area contributed by atoms with Crippen LogP contribution in [0.25, 0.3) is 0 Å². The third-order valence-corrected chi connectivity index (χ3v) is 4.69. The second-order valence-electron chi connectivity index (χ2n) is 4.10. The van der Waals surface area contributed by atoms with E-state index in [0.717, 1.165) is 0 Å². The lowest BCUT2D eigenvalue weighted by Gasteiger charge is -2.04. The monoisotopic (exact) mass is 353 g/mol. The highest BCUT2D eigenvalue weighted by atomic mass is 35.5. The number of halogens is 2. The Morgan fingerprint density at radius 1 is 1.00 bits per heavy atom. The average molecular weight is 354 g/mol. The smallest absolute Gasteiger partial charge is 0.256 e. The van der Waals surface area contributed by atoms with Gasteiger partial charge in [0, 0.05) is 10.0 Å². The molecule has 0 fully saturated rings. The number of hydrogen-bond acceptors (Lipinski definition) is 5. The van der Waals surface area contributed by atoms with Crippen LogP contribution >= 0.6 is 23.2 Å². The summed E-state index contributed by atoms with van der Waals surface area (Å²) in [6, 6.07) is 13.5. The summed E-state index contributed by atoms with van der Waals surface area (Å²) in [5, 5.41) is 13.0. The van der Waals surface area contributed by atoms with Gasteiger partial charge in [-0.2, -0.15) is 10.4 Å². The molecular formula is C14H9Cl2N3O2S. The van der Waals surface area contributed by atoms with Crippen molar-refractivity contribution in [3.05, 3.63) is 58.6 Å². The van der Waals surface area contributed by atoms with E-state index in [4.69, 9.17) is 28.5 Å². The van der Waals surface area contributed by atoms with Crippen LogP contribution in [0.15, 0.2) is 58.5 Å². The molecule has 0 saturated heterocycles. The van der Waals surface area contributed by atoms with Crippen LogP contribution < -0.4 is 5.43 Å². The van der Waals surface area contributed by atoms with E-state index in [1.165, 1.54) is 24.3 Å². The maximum absolute atomic E-state index is 12.3. The number of anilines is 1. The zero-order chi connectivity index (χ0) is 16.2. The number of nitriles is 1. The van der Waals surface area contributed by atoms with Crippen molar-refractivity contribution < 1.29 is 8.42 Å². The summed E-state index contributed by atoms with van der Waals surface area (Å²) in [4.78, 5) is -0.0601. The average Bonchev–Trinajstić information content (AvgIpc) is 2.50. The largest absolute Gasteiger partial charge is 0.277 e. The zero-order valence-corrected chi connectivity index (χ0v) is 13.3. The van der Waals surface area contributed by atoms with Crippen LogP contribution in [0.2, 0.25) is 10.0 Å². The second-order valence-corrected chi connectivity index (χ2v) is 6.84. The van der Waals surface area contributed by atoms with Gasteiger partial charge in [-0.3, -0.25) is 5.43 Å². The first kappa shape index (κ1) is 16.3. The Morgan fingerprint density at radius 3 is 2.00 bits per heavy atom. The molecule has 0 atom stereocenters. The van der Waals surface area contributed by atoms with Gasteiger partial charge < -0.3 is 0 Å². The number of sulfone groups is 1. The van der Waals surface area contributed by atoms with Crippen LogP contribution in [0.1, 0.15) is 0 Å². The molecule has 0 aliphatic carbocycles. The van der Waals surface area contributed by atoms with Crippen LogP contribution in [-0.4, -0.2) is 13.5 Å². The first-order chi connectivity index (χ1) is 10.4. The van der Waals surface area contributed by atoms with Crippen LogP contribution in [0, 0.1) is 11.3 Å². The van der Waals surface area contributed by atoms with Gasteiger partial charge in [-0.25, -0.2) is 8.42 Å². The number of nitrogens with one attached hydrogen (secondary N) is 1. The summed E-state index contributed by atoms with van der Waals surface area (Å²) in [7, 11) is -4.00. The van der Waals surface area contributed by atoms with E-state index >= 15 is 0 Å². The van der Waals surface area contributed by atoms with Gasteiger partial charge in [-0.15, -0.1) is 0 Å². The summed E-state index contributed by atoms with van der Waals surface area (Å²) in [5.41, 5.74) is 3.01. The highest BCUT2D eigenvalue weighted by Gasteiger charge is 2.22. The molecule has 22 heavy (non-hydrogen) atoms. The number of rotatable bonds is 3. The molecule has 0 spiro atoms. The van der Waals surface area contributed by atoms with Crippen molar-refractivity contribution in [1.29, 1.82) is 5.26 Å². The van der Waals surface area contributed by atoms with Crippen molar-refractivity contribution in [3.8, 4) is 6.07 Å². The standard InChI is InChI=1S/C14H9Cl2N3O2S/c15-10-1-5-12(6-2-10)18-19-14(9-17)22(20,21)13-7-3-11(16)4-8-13/h1-8,18H/b19-14-. The topological polar surface area (TPSA) is 82.3 Å². The molecule has 0 amide bonds. The van der Waals surface area contributed by atoms with E-state index in [1.807, 2.05) is 0 Å². The van der Waals surface area contributed by atoms with Gasteiger partial charge >= 0.3 is 0 Å². The fraction of sp³-hybridized carbons (Fsp3) is 0. The summed E-state index contributed by atoms with van der Waals surface area (Å²) < 4.78 is 24.6. The molecule has 2 rings (SSSR count). The minimum Gasteiger partial charge on any atom is -0.277 e. The first-order valence-corrected chi connectivity index (χ1v) is 8.17. The predicted molar refractivity (Wildman–Crippen MR) is 86.8 cm³/mol. The minimum absolute atomic E-state index is 0.0601. The summed E-state index contributed by atoms with van der Waals surface area (Å²) >= 11 is 11.5. The number of hydrogen-bond donors (Lipinski definition) is 1. The molecule has 0 radical (unpaired) electrons. The lowest BCUT2D eigenvalue weighted by atomic mass is 10.3. The molecule has 5 nitrogen and oxygen atoms in total. The molecule has 0 bridgehead atoms. The van der Waals surface area contributed by atoms with Crippen molar-refractivity contribution in [3.63, 3.8) is 0 Å². The molecule has 0 aliphatic heterocycles. The Balaban J connectivity index is 2.30. The van der Waals surface area contributed by atoms with Gasteiger partial charge in [0.25, 0.3) is 5.04 Å². The molecule has 0 aliphatic rings. The maximum atomic E-state index is 12.3. The highest BCUT2D eigenvalue weighted by Crippen LogP contribution is 2.17. The molecule has 8 heteroatoms. The molecule has 2 aromatic rings. The van der Waals surface area contributed by atoms with Crippen LogP contribution in [0.5, 0.6) is 0 Å². The Kier molecular flexibility index (Phi) is 5.03. The van der Waals surface area contributed by atoms with E-state index in [0.29, 0.717) is 15.7 Å². The second kappa shape index (κ2) is 6.79. The molecule has 0 aromatic heterocycles. The lowest BCUT2D eigenvalue weighted by molar-refractivity contribution is 0.607. The quantitative estimate of drug-likeness (QED) is 0.517. The Morgan fingerprint density at radius 2 is 1.50 bits per heavy atom. The molecule has 2 aromatic carbocycles. The number of nitrogens with zero attached hydrogens (tertiary/aromatic N) is 2. The molecule has 0 unspecified atom stereocenters. The maximum Gasteiger partial charge on any atom is 0.256 e. The van der Waals surface area contributed by atoms with Crippen molar-refractivity contribution in [2.75, 3.05) is 5.43 Å². The molecular weight excluding hydrogens is 345 g/mol. The summed E-state index contributed by atoms with van der Waals surface area (Å²) in [6.45, 7) is 0. The van der Waals surface area contributed by atoms with Gasteiger partial charge in [0.15, 0.2) is 0 Å². The van der Waals surface area contributed by atoms with E-state index < -0.39 is 14.9 Å². The predicted octanol–water partition coefficient (Wildman–Crippen LogP) is 3.72. The first-order valence-electron chi connectivity index (χ1n) is 5.93. The van der Waals surface area contributed by atoms with Crippen molar-refractivity contribution >= 4 is 43.8 Å². The molecule has 1 N–H and O–H groups in total. The van der Waals surface area contributed by atoms with Crippen molar-refractivity contribution in [2.24, 2.45) is 5.10 Å². The normalized spacial score (nSPS) is 11.8. The van der Waals surface area contributed by atoms with Gasteiger partial charge in [0.2, 0.25) is 9.84 Å².